The van der Waals surface area contributed by atoms with Gasteiger partial charge in [0.2, 0.25) is 5.91 Å². The summed E-state index contributed by atoms with van der Waals surface area (Å²) in [7, 11) is 0. The van der Waals surface area contributed by atoms with Gasteiger partial charge in [-0.05, 0) is 63.8 Å². The van der Waals surface area contributed by atoms with E-state index in [9.17, 15) is 13.6 Å². The Kier molecular flexibility index (Phi) is 5.06. The Hall–Kier alpha value is -1.27. The Morgan fingerprint density at radius 2 is 2.12 bits per heavy atom. The Morgan fingerprint density at radius 1 is 1.42 bits per heavy atom. The summed E-state index contributed by atoms with van der Waals surface area (Å²) in [5.41, 5.74) is 3.42. The second-order valence-electron chi connectivity index (χ2n) is 7.36. The van der Waals surface area contributed by atoms with Crippen LogP contribution in [0.25, 0.3) is 0 Å². The number of rotatable bonds is 4. The molecule has 24 heavy (non-hydrogen) atoms. The average molecular weight is 340 g/mol. The highest BCUT2D eigenvalue weighted by molar-refractivity contribution is 5.94. The number of hydrogen-bond acceptors (Lipinski definition) is 3. The summed E-state index contributed by atoms with van der Waals surface area (Å²) in [6.07, 6.45) is 6.21. The molecule has 0 saturated carbocycles. The van der Waals surface area contributed by atoms with Crippen molar-refractivity contribution in [2.75, 3.05) is 26.2 Å². The largest absolute Gasteiger partial charge is 0.377 e. The molecule has 0 radical (unpaired) electrons. The van der Waals surface area contributed by atoms with Crippen LogP contribution < -0.4 is 5.73 Å². The van der Waals surface area contributed by atoms with Crippen LogP contribution in [0.15, 0.2) is 23.6 Å². The second kappa shape index (κ2) is 6.92. The van der Waals surface area contributed by atoms with Gasteiger partial charge >= 0.3 is 0 Å². The molecule has 1 amide bonds. The molecule has 3 unspecified atom stereocenters. The summed E-state index contributed by atoms with van der Waals surface area (Å²) >= 11 is 0. The molecule has 4 nitrogen and oxygen atoms in total. The number of ether oxygens (including phenoxy) is 1. The van der Waals surface area contributed by atoms with E-state index in [1.807, 2.05) is 0 Å². The van der Waals surface area contributed by atoms with Crippen molar-refractivity contribution >= 4 is 5.91 Å². The normalized spacial score (nSPS) is 35.6. The van der Waals surface area contributed by atoms with Gasteiger partial charge in [0.1, 0.15) is 11.5 Å². The number of nitrogens with zero attached hydrogens (tertiary/aromatic N) is 1. The molecule has 0 aromatic heterocycles. The fourth-order valence-electron chi connectivity index (χ4n) is 4.37. The lowest BCUT2D eigenvalue weighted by Gasteiger charge is -2.42. The lowest BCUT2D eigenvalue weighted by molar-refractivity contribution is -0.116. The number of primary amides is 1. The number of alkyl halides is 1. The summed E-state index contributed by atoms with van der Waals surface area (Å²) in [6.45, 7) is 4.77. The molecule has 2 N–H and O–H groups in total. The van der Waals surface area contributed by atoms with Gasteiger partial charge < -0.3 is 15.4 Å². The fourth-order valence-corrected chi connectivity index (χ4v) is 4.37. The third-order valence-corrected chi connectivity index (χ3v) is 5.59. The molecule has 3 atom stereocenters. The van der Waals surface area contributed by atoms with E-state index in [0.29, 0.717) is 6.10 Å². The van der Waals surface area contributed by atoms with E-state index in [1.165, 1.54) is 13.0 Å². The Bertz CT molecular complexity index is 545. The maximum absolute atomic E-state index is 15.0. The number of piperidine rings is 1. The predicted molar refractivity (Wildman–Crippen MR) is 87.6 cm³/mol. The van der Waals surface area contributed by atoms with Crippen molar-refractivity contribution in [3.63, 3.8) is 0 Å². The standard InChI is InChI=1S/C18H26F2N2O2/c1-18(20)7-4-14(19)15(17(21)23)16(18)12-5-8-22(9-6-12)11-13-3-2-10-24-13/h4,7,12-13,16H,2-3,5-6,8-11H2,1H3,(H2,21,23). The van der Waals surface area contributed by atoms with Crippen molar-refractivity contribution in [2.24, 2.45) is 17.6 Å². The van der Waals surface area contributed by atoms with Crippen LogP contribution in [-0.4, -0.2) is 48.8 Å². The average Bonchev–Trinajstić information content (AvgIpc) is 3.03. The highest BCUT2D eigenvalue weighted by atomic mass is 19.1. The minimum Gasteiger partial charge on any atom is -0.377 e. The molecule has 2 aliphatic heterocycles. The predicted octanol–water partition coefficient (Wildman–Crippen LogP) is 2.50. The Morgan fingerprint density at radius 3 is 2.71 bits per heavy atom. The molecule has 3 aliphatic rings. The smallest absolute Gasteiger partial charge is 0.248 e. The highest BCUT2D eigenvalue weighted by Gasteiger charge is 2.46. The molecular formula is C18H26F2N2O2. The third kappa shape index (κ3) is 3.54. The summed E-state index contributed by atoms with van der Waals surface area (Å²) in [5.74, 6) is -2.43. The fraction of sp³-hybridized carbons (Fsp3) is 0.722. The van der Waals surface area contributed by atoms with Gasteiger partial charge in [0.05, 0.1) is 11.7 Å². The van der Waals surface area contributed by atoms with Crippen molar-refractivity contribution < 1.29 is 18.3 Å². The summed E-state index contributed by atoms with van der Waals surface area (Å²) in [5, 5.41) is 0. The monoisotopic (exact) mass is 340 g/mol. The van der Waals surface area contributed by atoms with E-state index in [4.69, 9.17) is 10.5 Å². The highest BCUT2D eigenvalue weighted by Crippen LogP contribution is 2.44. The van der Waals surface area contributed by atoms with Crippen LogP contribution in [0.4, 0.5) is 8.78 Å². The number of nitrogens with two attached hydrogens (primary N) is 1. The van der Waals surface area contributed by atoms with Gasteiger partial charge in [0, 0.05) is 19.1 Å². The molecular weight excluding hydrogens is 314 g/mol. The zero-order valence-corrected chi connectivity index (χ0v) is 14.1. The zero-order valence-electron chi connectivity index (χ0n) is 14.1. The molecule has 0 bridgehead atoms. The van der Waals surface area contributed by atoms with Gasteiger partial charge in [-0.1, -0.05) is 0 Å². The summed E-state index contributed by atoms with van der Waals surface area (Å²) in [4.78, 5) is 14.0. The molecule has 1 aliphatic carbocycles. The first kappa shape index (κ1) is 17.5. The molecule has 0 spiro atoms. The minimum absolute atomic E-state index is 0.0843. The van der Waals surface area contributed by atoms with Gasteiger partial charge in [-0.15, -0.1) is 0 Å². The minimum atomic E-state index is -1.75. The number of allylic oxidation sites excluding steroid dienone is 3. The molecule has 2 fully saturated rings. The molecule has 134 valence electrons. The van der Waals surface area contributed by atoms with Gasteiger partial charge in [-0.3, -0.25) is 4.79 Å². The van der Waals surface area contributed by atoms with Crippen LogP contribution in [0.5, 0.6) is 0 Å². The van der Waals surface area contributed by atoms with Crippen LogP contribution in [0.2, 0.25) is 0 Å². The van der Waals surface area contributed by atoms with E-state index in [-0.39, 0.29) is 11.5 Å². The molecule has 0 aromatic carbocycles. The van der Waals surface area contributed by atoms with Gasteiger partial charge in [-0.2, -0.15) is 0 Å². The van der Waals surface area contributed by atoms with Crippen LogP contribution in [-0.2, 0) is 9.53 Å². The van der Waals surface area contributed by atoms with Gasteiger partial charge in [-0.25, -0.2) is 8.78 Å². The van der Waals surface area contributed by atoms with Crippen molar-refractivity contribution in [1.82, 2.24) is 4.90 Å². The Labute approximate surface area is 141 Å². The van der Waals surface area contributed by atoms with E-state index < -0.39 is 23.3 Å². The number of hydrogen-bond donors (Lipinski definition) is 1. The van der Waals surface area contributed by atoms with E-state index in [1.54, 1.807) is 0 Å². The lowest BCUT2D eigenvalue weighted by Crippen LogP contribution is -2.46. The maximum Gasteiger partial charge on any atom is 0.248 e. The quantitative estimate of drug-likeness (QED) is 0.855. The van der Waals surface area contributed by atoms with E-state index >= 15 is 0 Å². The van der Waals surface area contributed by atoms with Crippen molar-refractivity contribution in [3.05, 3.63) is 23.6 Å². The van der Waals surface area contributed by atoms with E-state index in [0.717, 1.165) is 58.0 Å². The van der Waals surface area contributed by atoms with Crippen molar-refractivity contribution in [3.8, 4) is 0 Å². The zero-order chi connectivity index (χ0) is 17.3. The summed E-state index contributed by atoms with van der Waals surface area (Å²) < 4.78 is 34.8. The first-order valence-electron chi connectivity index (χ1n) is 8.80. The SMILES string of the molecule is CC1(F)C=CC(F)=C(C(N)=O)C1C1CCN(CC2CCCO2)CC1. The van der Waals surface area contributed by atoms with E-state index in [2.05, 4.69) is 4.90 Å². The number of likely N-dealkylation sites (tertiary alicyclic amines) is 1. The van der Waals surface area contributed by atoms with Crippen LogP contribution in [0.3, 0.4) is 0 Å². The molecule has 2 saturated heterocycles. The lowest BCUT2D eigenvalue weighted by atomic mass is 9.69. The van der Waals surface area contributed by atoms with Gasteiger partial charge in [0.25, 0.3) is 0 Å². The van der Waals surface area contributed by atoms with Crippen molar-refractivity contribution in [2.45, 2.75) is 44.4 Å². The number of carbonyl (C=O) groups excluding carboxylic acids is 1. The third-order valence-electron chi connectivity index (χ3n) is 5.59. The second-order valence-corrected chi connectivity index (χ2v) is 7.36. The number of amides is 1. The van der Waals surface area contributed by atoms with Crippen LogP contribution in [0, 0.1) is 11.8 Å². The van der Waals surface area contributed by atoms with Crippen molar-refractivity contribution in [1.29, 1.82) is 0 Å². The molecule has 3 rings (SSSR count). The molecule has 0 aromatic rings. The summed E-state index contributed by atoms with van der Waals surface area (Å²) in [6, 6.07) is 0. The number of carbonyl (C=O) groups is 1. The topological polar surface area (TPSA) is 55.6 Å². The Balaban J connectivity index is 1.67. The first-order valence-corrected chi connectivity index (χ1v) is 8.80. The maximum atomic E-state index is 15.0. The van der Waals surface area contributed by atoms with Crippen LogP contribution in [0.1, 0.15) is 32.6 Å². The molecule has 2 heterocycles. The van der Waals surface area contributed by atoms with Crippen LogP contribution >= 0.6 is 0 Å². The number of halogens is 2. The first-order chi connectivity index (χ1) is 11.4. The van der Waals surface area contributed by atoms with Gasteiger partial charge in [0.15, 0.2) is 0 Å². The molecule has 6 heteroatoms.